The lowest BCUT2D eigenvalue weighted by molar-refractivity contribution is -0.143. The van der Waals surface area contributed by atoms with Crippen molar-refractivity contribution in [3.8, 4) is 11.3 Å². The van der Waals surface area contributed by atoms with Crippen LogP contribution in [-0.2, 0) is 25.4 Å². The number of amides is 2. The van der Waals surface area contributed by atoms with Crippen molar-refractivity contribution in [2.45, 2.75) is 51.0 Å². The third-order valence-electron chi connectivity index (χ3n) is 6.39. The van der Waals surface area contributed by atoms with Gasteiger partial charge in [0.1, 0.15) is 6.61 Å². The minimum absolute atomic E-state index is 0.0206. The standard InChI is InChI=1S/C28H31F2N3O6/c1-28(2)37-17-21(38-28)14-20(33(3)25(34)13-12-19-10-7-11-22(29)26(19)30)16-36-27(35)31-24-15-23(39-32-24)18-8-5-4-6-9-18/h4-11,15,20-21H,12-14,16-17H2,1-3H3,(H,31,32,35)/t20-,21+/m0/s1. The van der Waals surface area contributed by atoms with Crippen LogP contribution in [0.15, 0.2) is 59.1 Å². The summed E-state index contributed by atoms with van der Waals surface area (Å²) in [5, 5.41) is 6.36. The molecule has 1 aliphatic rings. The molecule has 1 N–H and O–H groups in total. The van der Waals surface area contributed by atoms with E-state index in [1.165, 1.54) is 17.0 Å². The number of hydrogen-bond acceptors (Lipinski definition) is 7. The van der Waals surface area contributed by atoms with Gasteiger partial charge >= 0.3 is 6.09 Å². The number of rotatable bonds is 10. The van der Waals surface area contributed by atoms with Gasteiger partial charge in [0.25, 0.3) is 0 Å². The van der Waals surface area contributed by atoms with Gasteiger partial charge in [-0.05, 0) is 38.3 Å². The van der Waals surface area contributed by atoms with Gasteiger partial charge in [0.2, 0.25) is 5.91 Å². The highest BCUT2D eigenvalue weighted by molar-refractivity contribution is 5.84. The number of carbonyl (C=O) groups is 2. The molecule has 0 aliphatic carbocycles. The zero-order valence-corrected chi connectivity index (χ0v) is 22.0. The number of ether oxygens (including phenoxy) is 3. The first-order valence-electron chi connectivity index (χ1n) is 12.6. The Morgan fingerprint density at radius 3 is 2.67 bits per heavy atom. The number of nitrogens with zero attached hydrogens (tertiary/aromatic N) is 2. The molecule has 208 valence electrons. The summed E-state index contributed by atoms with van der Waals surface area (Å²) in [6, 6.07) is 14.1. The Morgan fingerprint density at radius 1 is 1.18 bits per heavy atom. The highest BCUT2D eigenvalue weighted by Gasteiger charge is 2.36. The zero-order valence-electron chi connectivity index (χ0n) is 22.0. The van der Waals surface area contributed by atoms with Gasteiger partial charge in [-0.3, -0.25) is 10.1 Å². The van der Waals surface area contributed by atoms with Crippen molar-refractivity contribution in [3.05, 3.63) is 71.8 Å². The first-order chi connectivity index (χ1) is 18.6. The number of nitrogens with one attached hydrogen (secondary N) is 1. The molecule has 2 amide bonds. The summed E-state index contributed by atoms with van der Waals surface area (Å²) in [6.07, 6.45) is -0.827. The number of aromatic nitrogens is 1. The van der Waals surface area contributed by atoms with Crippen molar-refractivity contribution >= 4 is 17.8 Å². The smallest absolute Gasteiger partial charge is 0.412 e. The predicted octanol–water partition coefficient (Wildman–Crippen LogP) is 5.17. The van der Waals surface area contributed by atoms with E-state index < -0.39 is 29.6 Å². The maximum Gasteiger partial charge on any atom is 0.412 e. The Labute approximate surface area is 225 Å². The van der Waals surface area contributed by atoms with Crippen LogP contribution in [0.1, 0.15) is 32.3 Å². The van der Waals surface area contributed by atoms with E-state index in [4.69, 9.17) is 18.7 Å². The van der Waals surface area contributed by atoms with Gasteiger partial charge in [-0.1, -0.05) is 47.6 Å². The fraction of sp³-hybridized carbons (Fsp3) is 0.393. The van der Waals surface area contributed by atoms with Crippen molar-refractivity contribution in [2.75, 3.05) is 25.6 Å². The molecule has 11 heteroatoms. The highest BCUT2D eigenvalue weighted by Crippen LogP contribution is 2.26. The summed E-state index contributed by atoms with van der Waals surface area (Å²) in [5.74, 6) is -2.37. The van der Waals surface area contributed by atoms with Crippen LogP contribution in [0.3, 0.4) is 0 Å². The van der Waals surface area contributed by atoms with Gasteiger partial charge in [0.15, 0.2) is 29.0 Å². The second kappa shape index (κ2) is 12.4. The Balaban J connectivity index is 1.36. The fourth-order valence-corrected chi connectivity index (χ4v) is 4.27. The molecule has 4 rings (SSSR count). The van der Waals surface area contributed by atoms with Gasteiger partial charge in [0.05, 0.1) is 18.8 Å². The monoisotopic (exact) mass is 543 g/mol. The minimum Gasteiger partial charge on any atom is -0.447 e. The van der Waals surface area contributed by atoms with E-state index in [9.17, 15) is 18.4 Å². The van der Waals surface area contributed by atoms with Crippen LogP contribution >= 0.6 is 0 Å². The molecule has 1 saturated heterocycles. The average Bonchev–Trinajstić information content (AvgIpc) is 3.52. The van der Waals surface area contributed by atoms with Gasteiger partial charge in [0, 0.05) is 25.1 Å². The summed E-state index contributed by atoms with van der Waals surface area (Å²) < 4.78 is 49.8. The van der Waals surface area contributed by atoms with Gasteiger partial charge < -0.3 is 23.6 Å². The van der Waals surface area contributed by atoms with E-state index in [0.717, 1.165) is 11.6 Å². The number of hydrogen-bond donors (Lipinski definition) is 1. The first kappa shape index (κ1) is 28.2. The lowest BCUT2D eigenvalue weighted by Crippen LogP contribution is -2.43. The highest BCUT2D eigenvalue weighted by atomic mass is 19.2. The molecule has 0 bridgehead atoms. The summed E-state index contributed by atoms with van der Waals surface area (Å²) in [4.78, 5) is 26.9. The number of benzene rings is 2. The Morgan fingerprint density at radius 2 is 1.95 bits per heavy atom. The summed E-state index contributed by atoms with van der Waals surface area (Å²) >= 11 is 0. The van der Waals surface area contributed by atoms with E-state index in [0.29, 0.717) is 18.8 Å². The number of halogens is 2. The third kappa shape index (κ3) is 7.61. The number of likely N-dealkylation sites (N-methyl/N-ethyl adjacent to an activating group) is 1. The van der Waals surface area contributed by atoms with Gasteiger partial charge in [-0.2, -0.15) is 0 Å². The van der Waals surface area contributed by atoms with Crippen LogP contribution in [0.2, 0.25) is 0 Å². The van der Waals surface area contributed by atoms with Crippen LogP contribution in [-0.4, -0.2) is 60.3 Å². The molecule has 0 radical (unpaired) electrons. The number of aryl methyl sites for hydroxylation is 1. The molecule has 1 aromatic heterocycles. The molecule has 1 fully saturated rings. The van der Waals surface area contributed by atoms with Crippen molar-refractivity contribution in [2.24, 2.45) is 0 Å². The zero-order chi connectivity index (χ0) is 28.0. The van der Waals surface area contributed by atoms with Crippen LogP contribution in [0.4, 0.5) is 19.4 Å². The summed E-state index contributed by atoms with van der Waals surface area (Å²) in [7, 11) is 1.57. The third-order valence-corrected chi connectivity index (χ3v) is 6.39. The Hall–Kier alpha value is -3.83. The van der Waals surface area contributed by atoms with Crippen molar-refractivity contribution in [1.29, 1.82) is 0 Å². The maximum atomic E-state index is 14.0. The molecule has 39 heavy (non-hydrogen) atoms. The van der Waals surface area contributed by atoms with E-state index in [2.05, 4.69) is 10.5 Å². The Kier molecular flexibility index (Phi) is 8.93. The van der Waals surface area contributed by atoms with Crippen LogP contribution in [0.5, 0.6) is 0 Å². The topological polar surface area (TPSA) is 103 Å². The van der Waals surface area contributed by atoms with Crippen molar-refractivity contribution in [1.82, 2.24) is 10.1 Å². The lowest BCUT2D eigenvalue weighted by Gasteiger charge is -2.30. The molecule has 0 unspecified atom stereocenters. The van der Waals surface area contributed by atoms with Gasteiger partial charge in [-0.25, -0.2) is 13.6 Å². The molecular formula is C28H31F2N3O6. The lowest BCUT2D eigenvalue weighted by atomic mass is 10.1. The molecule has 9 nitrogen and oxygen atoms in total. The molecule has 3 aromatic rings. The molecule has 2 heterocycles. The largest absolute Gasteiger partial charge is 0.447 e. The first-order valence-corrected chi connectivity index (χ1v) is 12.6. The van der Waals surface area contributed by atoms with Crippen LogP contribution < -0.4 is 5.32 Å². The molecular weight excluding hydrogens is 512 g/mol. The summed E-state index contributed by atoms with van der Waals surface area (Å²) in [6.45, 7) is 3.74. The van der Waals surface area contributed by atoms with E-state index >= 15 is 0 Å². The van der Waals surface area contributed by atoms with Crippen LogP contribution in [0.25, 0.3) is 11.3 Å². The maximum absolute atomic E-state index is 14.0. The molecule has 2 atom stereocenters. The quantitative estimate of drug-likeness (QED) is 0.376. The van der Waals surface area contributed by atoms with E-state index in [1.54, 1.807) is 27.0 Å². The molecule has 1 aliphatic heterocycles. The number of anilines is 1. The minimum atomic E-state index is -0.966. The fourth-order valence-electron chi connectivity index (χ4n) is 4.27. The normalized spacial score (nSPS) is 17.0. The van der Waals surface area contributed by atoms with Crippen molar-refractivity contribution in [3.63, 3.8) is 0 Å². The Bertz CT molecular complexity index is 1280. The van der Waals surface area contributed by atoms with E-state index in [-0.39, 0.29) is 42.8 Å². The van der Waals surface area contributed by atoms with Gasteiger partial charge in [-0.15, -0.1) is 0 Å². The molecule has 0 spiro atoms. The number of carbonyl (C=O) groups excluding carboxylic acids is 2. The SMILES string of the molecule is CN(C(=O)CCc1cccc(F)c1F)[C@H](COC(=O)Nc1cc(-c2ccccc2)on1)C[C@@H]1COC(C)(C)O1. The second-order valence-electron chi connectivity index (χ2n) is 9.72. The molecule has 2 aromatic carbocycles. The average molecular weight is 544 g/mol. The van der Waals surface area contributed by atoms with Crippen molar-refractivity contribution < 1.29 is 37.1 Å². The van der Waals surface area contributed by atoms with Crippen LogP contribution in [0, 0.1) is 11.6 Å². The van der Waals surface area contributed by atoms with E-state index in [1.807, 2.05) is 30.3 Å². The second-order valence-corrected chi connectivity index (χ2v) is 9.72. The molecule has 0 saturated carbocycles. The predicted molar refractivity (Wildman–Crippen MR) is 138 cm³/mol. The summed E-state index contributed by atoms with van der Waals surface area (Å²) in [5.41, 5.74) is 0.909.